The lowest BCUT2D eigenvalue weighted by molar-refractivity contribution is 0.195. The van der Waals surface area contributed by atoms with Gasteiger partial charge in [-0.2, -0.15) is 0 Å². The zero-order valence-corrected chi connectivity index (χ0v) is 12.6. The van der Waals surface area contributed by atoms with E-state index in [1.54, 1.807) is 7.11 Å². The first kappa shape index (κ1) is 16.0. The molecule has 2 atom stereocenters. The van der Waals surface area contributed by atoms with Crippen LogP contribution in [0.1, 0.15) is 64.4 Å². The van der Waals surface area contributed by atoms with Gasteiger partial charge in [0.25, 0.3) is 0 Å². The number of hydrogen-bond acceptors (Lipinski definition) is 5. The van der Waals surface area contributed by atoms with Crippen molar-refractivity contribution in [2.45, 2.75) is 58.5 Å². The maximum atomic E-state index is 5.03. The Bertz CT molecular complexity index is 311. The second-order valence-electron chi connectivity index (χ2n) is 5.00. The van der Waals surface area contributed by atoms with Crippen LogP contribution in [0.25, 0.3) is 0 Å². The monoisotopic (exact) mass is 269 g/mol. The van der Waals surface area contributed by atoms with Gasteiger partial charge < -0.3 is 10.1 Å². The Morgan fingerprint density at radius 2 is 2.11 bits per heavy atom. The molecule has 0 aliphatic heterocycles. The van der Waals surface area contributed by atoms with Gasteiger partial charge in [-0.1, -0.05) is 26.2 Å². The fourth-order valence-corrected chi connectivity index (χ4v) is 2.08. The number of methoxy groups -OCH3 is 1. The molecule has 0 spiro atoms. The number of tetrazole rings is 1. The summed E-state index contributed by atoms with van der Waals surface area (Å²) in [6, 6.07) is 0.488. The molecular weight excluding hydrogens is 242 g/mol. The smallest absolute Gasteiger partial charge is 0.168 e. The van der Waals surface area contributed by atoms with Crippen molar-refractivity contribution in [3.05, 3.63) is 5.82 Å². The van der Waals surface area contributed by atoms with Crippen LogP contribution in [0.3, 0.4) is 0 Å². The second-order valence-corrected chi connectivity index (χ2v) is 5.00. The standard InChI is InChI=1S/C13H27N5O/c1-5-6-7-8-11(2)18-13(15-16-17-18)12(3)14-9-10-19-4/h11-12,14H,5-10H2,1-4H3. The van der Waals surface area contributed by atoms with Crippen LogP contribution < -0.4 is 5.32 Å². The fourth-order valence-electron chi connectivity index (χ4n) is 2.08. The normalized spacial score (nSPS) is 14.5. The second kappa shape index (κ2) is 8.98. The number of hydrogen-bond donors (Lipinski definition) is 1. The minimum atomic E-state index is 0.138. The van der Waals surface area contributed by atoms with Crippen LogP contribution >= 0.6 is 0 Å². The van der Waals surface area contributed by atoms with Crippen LogP contribution in [-0.2, 0) is 4.74 Å². The predicted molar refractivity (Wildman–Crippen MR) is 75.0 cm³/mol. The molecule has 19 heavy (non-hydrogen) atoms. The highest BCUT2D eigenvalue weighted by Gasteiger charge is 2.17. The lowest BCUT2D eigenvalue weighted by atomic mass is 10.1. The molecule has 0 amide bonds. The summed E-state index contributed by atoms with van der Waals surface area (Å²) in [5, 5.41) is 15.4. The SMILES string of the molecule is CCCCCC(C)n1nnnc1C(C)NCCOC. The highest BCUT2D eigenvalue weighted by Crippen LogP contribution is 2.18. The molecule has 0 aliphatic rings. The summed E-state index contributed by atoms with van der Waals surface area (Å²) in [6.45, 7) is 7.97. The zero-order valence-electron chi connectivity index (χ0n) is 12.6. The van der Waals surface area contributed by atoms with Gasteiger partial charge in [0.05, 0.1) is 18.7 Å². The molecule has 0 aliphatic carbocycles. The summed E-state index contributed by atoms with van der Waals surface area (Å²) < 4.78 is 6.98. The third-order valence-electron chi connectivity index (χ3n) is 3.31. The van der Waals surface area contributed by atoms with Gasteiger partial charge in [0.2, 0.25) is 0 Å². The van der Waals surface area contributed by atoms with Crippen molar-refractivity contribution in [3.8, 4) is 0 Å². The topological polar surface area (TPSA) is 64.9 Å². The molecule has 1 aromatic rings. The maximum absolute atomic E-state index is 5.03. The summed E-state index contributed by atoms with van der Waals surface area (Å²) >= 11 is 0. The van der Waals surface area contributed by atoms with E-state index in [-0.39, 0.29) is 6.04 Å². The first-order valence-electron chi connectivity index (χ1n) is 7.20. The Labute approximate surface area is 115 Å². The minimum Gasteiger partial charge on any atom is -0.383 e. The molecular formula is C13H27N5O. The van der Waals surface area contributed by atoms with Gasteiger partial charge >= 0.3 is 0 Å². The first-order chi connectivity index (χ1) is 9.20. The Hall–Kier alpha value is -1.01. The van der Waals surface area contributed by atoms with Gasteiger partial charge in [0.15, 0.2) is 5.82 Å². The highest BCUT2D eigenvalue weighted by atomic mass is 16.5. The van der Waals surface area contributed by atoms with Crippen molar-refractivity contribution in [1.29, 1.82) is 0 Å². The summed E-state index contributed by atoms with van der Waals surface area (Å²) in [5.41, 5.74) is 0. The summed E-state index contributed by atoms with van der Waals surface area (Å²) in [7, 11) is 1.70. The molecule has 0 bridgehead atoms. The lowest BCUT2D eigenvalue weighted by Gasteiger charge is -2.17. The van der Waals surface area contributed by atoms with E-state index >= 15 is 0 Å². The quantitative estimate of drug-likeness (QED) is 0.659. The van der Waals surface area contributed by atoms with Crippen molar-refractivity contribution in [2.75, 3.05) is 20.3 Å². The molecule has 1 rings (SSSR count). The fraction of sp³-hybridized carbons (Fsp3) is 0.923. The average molecular weight is 269 g/mol. The zero-order chi connectivity index (χ0) is 14.1. The number of unbranched alkanes of at least 4 members (excludes halogenated alkanes) is 2. The number of aromatic nitrogens is 4. The Balaban J connectivity index is 2.52. The molecule has 1 N–H and O–H groups in total. The third kappa shape index (κ3) is 5.24. The molecule has 0 radical (unpaired) electrons. The van der Waals surface area contributed by atoms with Crippen LogP contribution in [0.4, 0.5) is 0 Å². The average Bonchev–Trinajstić information content (AvgIpc) is 2.88. The Morgan fingerprint density at radius 1 is 1.32 bits per heavy atom. The number of nitrogens with one attached hydrogen (secondary N) is 1. The predicted octanol–water partition coefficient (Wildman–Crippen LogP) is 2.11. The third-order valence-corrected chi connectivity index (χ3v) is 3.31. The van der Waals surface area contributed by atoms with E-state index in [2.05, 4.69) is 41.6 Å². The molecule has 1 aromatic heterocycles. The van der Waals surface area contributed by atoms with E-state index in [9.17, 15) is 0 Å². The summed E-state index contributed by atoms with van der Waals surface area (Å²) in [4.78, 5) is 0. The van der Waals surface area contributed by atoms with Crippen molar-refractivity contribution in [2.24, 2.45) is 0 Å². The van der Waals surface area contributed by atoms with Gasteiger partial charge in [-0.05, 0) is 30.7 Å². The van der Waals surface area contributed by atoms with E-state index in [0.717, 1.165) is 18.8 Å². The molecule has 110 valence electrons. The van der Waals surface area contributed by atoms with Gasteiger partial charge in [0, 0.05) is 13.7 Å². The van der Waals surface area contributed by atoms with Crippen molar-refractivity contribution < 1.29 is 4.74 Å². The van der Waals surface area contributed by atoms with Crippen molar-refractivity contribution >= 4 is 0 Å². The molecule has 0 saturated carbocycles. The van der Waals surface area contributed by atoms with E-state index in [1.165, 1.54) is 19.3 Å². The van der Waals surface area contributed by atoms with Gasteiger partial charge in [-0.25, -0.2) is 4.68 Å². The Morgan fingerprint density at radius 3 is 2.79 bits per heavy atom. The van der Waals surface area contributed by atoms with Crippen LogP contribution in [0, 0.1) is 0 Å². The highest BCUT2D eigenvalue weighted by molar-refractivity contribution is 4.91. The largest absolute Gasteiger partial charge is 0.383 e. The van der Waals surface area contributed by atoms with E-state index in [4.69, 9.17) is 4.74 Å². The first-order valence-corrected chi connectivity index (χ1v) is 7.20. The van der Waals surface area contributed by atoms with Gasteiger partial charge in [0.1, 0.15) is 0 Å². The maximum Gasteiger partial charge on any atom is 0.168 e. The van der Waals surface area contributed by atoms with Crippen molar-refractivity contribution in [1.82, 2.24) is 25.5 Å². The molecule has 1 heterocycles. The number of ether oxygens (including phenoxy) is 1. The van der Waals surface area contributed by atoms with E-state index < -0.39 is 0 Å². The molecule has 2 unspecified atom stereocenters. The summed E-state index contributed by atoms with van der Waals surface area (Å²) in [5.74, 6) is 0.903. The number of nitrogens with zero attached hydrogens (tertiary/aromatic N) is 4. The molecule has 0 saturated heterocycles. The van der Waals surface area contributed by atoms with E-state index in [1.807, 2.05) is 4.68 Å². The van der Waals surface area contributed by atoms with Crippen LogP contribution in [0.5, 0.6) is 0 Å². The molecule has 0 fully saturated rings. The van der Waals surface area contributed by atoms with Crippen LogP contribution in [0.15, 0.2) is 0 Å². The lowest BCUT2D eigenvalue weighted by Crippen LogP contribution is -2.26. The molecule has 6 nitrogen and oxygen atoms in total. The van der Waals surface area contributed by atoms with E-state index in [0.29, 0.717) is 12.6 Å². The summed E-state index contributed by atoms with van der Waals surface area (Å²) in [6.07, 6.45) is 4.85. The Kier molecular flexibility index (Phi) is 7.59. The van der Waals surface area contributed by atoms with Crippen LogP contribution in [0.2, 0.25) is 0 Å². The number of rotatable bonds is 10. The van der Waals surface area contributed by atoms with Gasteiger partial charge in [-0.15, -0.1) is 5.10 Å². The molecule has 6 heteroatoms. The van der Waals surface area contributed by atoms with Gasteiger partial charge in [-0.3, -0.25) is 0 Å². The minimum absolute atomic E-state index is 0.138. The van der Waals surface area contributed by atoms with Crippen LogP contribution in [-0.4, -0.2) is 40.5 Å². The van der Waals surface area contributed by atoms with Crippen molar-refractivity contribution in [3.63, 3.8) is 0 Å². The molecule has 0 aromatic carbocycles.